The highest BCUT2D eigenvalue weighted by atomic mass is 32.2. The lowest BCUT2D eigenvalue weighted by Gasteiger charge is -2.13. The van der Waals surface area contributed by atoms with E-state index in [0.29, 0.717) is 5.69 Å². The Morgan fingerprint density at radius 1 is 1.04 bits per heavy atom. The predicted octanol–water partition coefficient (Wildman–Crippen LogP) is 2.43. The van der Waals surface area contributed by atoms with E-state index in [1.165, 1.54) is 43.3 Å². The van der Waals surface area contributed by atoms with Crippen LogP contribution >= 0.6 is 0 Å². The summed E-state index contributed by atoms with van der Waals surface area (Å²) in [5, 5.41) is 11.3. The number of carboxylic acid groups (broad SMARTS) is 1. The molecule has 0 unspecified atom stereocenters. The van der Waals surface area contributed by atoms with Crippen LogP contribution in [0.5, 0.6) is 0 Å². The molecule has 0 heterocycles. The molecule has 7 nitrogen and oxygen atoms in total. The first kappa shape index (κ1) is 18.6. The monoisotopic (exact) mass is 363 g/mol. The van der Waals surface area contributed by atoms with Crippen LogP contribution in [0, 0.1) is 6.92 Å². The Kier molecular flexibility index (Phi) is 5.55. The fraction of sp³-hybridized carbons (Fsp3) is 0.176. The molecular formula is C17H17NO6S. The smallest absolute Gasteiger partial charge is 0.335 e. The predicted molar refractivity (Wildman–Crippen MR) is 90.9 cm³/mol. The maximum Gasteiger partial charge on any atom is 0.335 e. The van der Waals surface area contributed by atoms with Gasteiger partial charge in [-0.2, -0.15) is 8.42 Å². The summed E-state index contributed by atoms with van der Waals surface area (Å²) in [6.45, 7) is 3.13. The van der Waals surface area contributed by atoms with Gasteiger partial charge < -0.3 is 10.4 Å². The van der Waals surface area contributed by atoms with Gasteiger partial charge in [-0.3, -0.25) is 8.98 Å². The average Bonchev–Trinajstić information content (AvgIpc) is 2.55. The highest BCUT2D eigenvalue weighted by Gasteiger charge is 2.24. The minimum Gasteiger partial charge on any atom is -0.478 e. The number of aryl methyl sites for hydroxylation is 1. The first-order valence-electron chi connectivity index (χ1n) is 7.33. The number of hydrogen-bond donors (Lipinski definition) is 2. The largest absolute Gasteiger partial charge is 0.478 e. The van der Waals surface area contributed by atoms with Crippen molar-refractivity contribution >= 4 is 27.7 Å². The number of amides is 1. The molecule has 0 aliphatic heterocycles. The van der Waals surface area contributed by atoms with Crippen molar-refractivity contribution < 1.29 is 27.3 Å². The summed E-state index contributed by atoms with van der Waals surface area (Å²) >= 11 is 0. The van der Waals surface area contributed by atoms with Crippen molar-refractivity contribution in [2.24, 2.45) is 0 Å². The van der Waals surface area contributed by atoms with E-state index in [9.17, 15) is 18.0 Å². The molecule has 2 N–H and O–H groups in total. The van der Waals surface area contributed by atoms with Crippen LogP contribution in [0.2, 0.25) is 0 Å². The maximum atomic E-state index is 12.2. The lowest BCUT2D eigenvalue weighted by molar-refractivity contribution is -0.121. The topological polar surface area (TPSA) is 110 Å². The fourth-order valence-electron chi connectivity index (χ4n) is 1.93. The van der Waals surface area contributed by atoms with Crippen molar-refractivity contribution in [3.05, 3.63) is 59.7 Å². The molecule has 0 spiro atoms. The van der Waals surface area contributed by atoms with Gasteiger partial charge in [0.1, 0.15) is 0 Å². The molecule has 0 aliphatic carbocycles. The Morgan fingerprint density at radius 2 is 1.60 bits per heavy atom. The fourth-order valence-corrected chi connectivity index (χ4v) is 2.98. The zero-order valence-corrected chi connectivity index (χ0v) is 14.4. The normalized spacial score (nSPS) is 12.4. The van der Waals surface area contributed by atoms with Gasteiger partial charge in [-0.1, -0.05) is 17.7 Å². The summed E-state index contributed by atoms with van der Waals surface area (Å²) in [7, 11) is -4.07. The number of aromatic carboxylic acids is 1. The summed E-state index contributed by atoms with van der Waals surface area (Å²) in [5.74, 6) is -1.75. The van der Waals surface area contributed by atoms with E-state index in [1.807, 2.05) is 6.92 Å². The van der Waals surface area contributed by atoms with Crippen molar-refractivity contribution in [2.75, 3.05) is 5.32 Å². The summed E-state index contributed by atoms with van der Waals surface area (Å²) in [4.78, 5) is 22.8. The summed E-state index contributed by atoms with van der Waals surface area (Å²) in [6.07, 6.45) is -1.26. The van der Waals surface area contributed by atoms with Gasteiger partial charge in [0.25, 0.3) is 16.0 Å². The van der Waals surface area contributed by atoms with Crippen LogP contribution in [0.25, 0.3) is 0 Å². The van der Waals surface area contributed by atoms with Crippen LogP contribution in [0.4, 0.5) is 5.69 Å². The Balaban J connectivity index is 2.04. The molecule has 0 saturated carbocycles. The molecular weight excluding hydrogens is 346 g/mol. The number of carboxylic acids is 1. The highest BCUT2D eigenvalue weighted by molar-refractivity contribution is 7.86. The molecule has 132 valence electrons. The van der Waals surface area contributed by atoms with E-state index < -0.39 is 28.1 Å². The minimum atomic E-state index is -4.07. The molecule has 8 heteroatoms. The standard InChI is InChI=1S/C17H17NO6S/c1-11-3-9-15(10-4-11)25(22,23)24-12(2)16(19)18-14-7-5-13(6-8-14)17(20)21/h3-10,12H,1-2H3,(H,18,19)(H,20,21)/t12-/m0/s1. The van der Waals surface area contributed by atoms with Gasteiger partial charge in [-0.15, -0.1) is 0 Å². The van der Waals surface area contributed by atoms with Crippen molar-refractivity contribution in [2.45, 2.75) is 24.8 Å². The molecule has 0 aromatic heterocycles. The number of nitrogens with one attached hydrogen (secondary N) is 1. The SMILES string of the molecule is Cc1ccc(S(=O)(=O)O[C@@H](C)C(=O)Nc2ccc(C(=O)O)cc2)cc1. The van der Waals surface area contributed by atoms with E-state index in [2.05, 4.69) is 5.32 Å². The van der Waals surface area contributed by atoms with Crippen LogP contribution in [0.15, 0.2) is 53.4 Å². The lowest BCUT2D eigenvalue weighted by Crippen LogP contribution is -2.30. The van der Waals surface area contributed by atoms with Crippen LogP contribution in [-0.4, -0.2) is 31.5 Å². The van der Waals surface area contributed by atoms with Crippen molar-refractivity contribution in [1.82, 2.24) is 0 Å². The number of hydrogen-bond acceptors (Lipinski definition) is 5. The van der Waals surface area contributed by atoms with E-state index >= 15 is 0 Å². The Hall–Kier alpha value is -2.71. The van der Waals surface area contributed by atoms with Gasteiger partial charge in [-0.25, -0.2) is 4.79 Å². The van der Waals surface area contributed by atoms with Gasteiger partial charge in [0.15, 0.2) is 6.10 Å². The third kappa shape index (κ3) is 4.88. The highest BCUT2D eigenvalue weighted by Crippen LogP contribution is 2.16. The van der Waals surface area contributed by atoms with Gasteiger partial charge in [0.05, 0.1) is 10.5 Å². The molecule has 1 amide bonds. The van der Waals surface area contributed by atoms with E-state index in [4.69, 9.17) is 9.29 Å². The molecule has 2 aromatic rings. The number of carbonyl (C=O) groups excluding carboxylic acids is 1. The van der Waals surface area contributed by atoms with E-state index in [0.717, 1.165) is 5.56 Å². The summed E-state index contributed by atoms with van der Waals surface area (Å²) in [5.41, 5.74) is 1.30. The first-order valence-corrected chi connectivity index (χ1v) is 8.74. The van der Waals surface area contributed by atoms with Crippen molar-refractivity contribution in [3.63, 3.8) is 0 Å². The molecule has 2 aromatic carbocycles. The Morgan fingerprint density at radius 3 is 2.12 bits per heavy atom. The zero-order chi connectivity index (χ0) is 18.6. The number of rotatable bonds is 6. The molecule has 0 bridgehead atoms. The second-order valence-corrected chi connectivity index (χ2v) is 6.95. The molecule has 2 rings (SSSR count). The minimum absolute atomic E-state index is 0.0384. The van der Waals surface area contributed by atoms with Gasteiger partial charge in [-0.05, 0) is 50.2 Å². The van der Waals surface area contributed by atoms with E-state index in [1.54, 1.807) is 12.1 Å². The average molecular weight is 363 g/mol. The molecule has 1 atom stereocenters. The second kappa shape index (κ2) is 7.45. The molecule has 0 saturated heterocycles. The Labute approximate surface area is 145 Å². The summed E-state index contributed by atoms with van der Waals surface area (Å²) < 4.78 is 29.3. The number of carbonyl (C=O) groups is 2. The zero-order valence-electron chi connectivity index (χ0n) is 13.6. The van der Waals surface area contributed by atoms with Crippen LogP contribution in [-0.2, 0) is 19.1 Å². The maximum absolute atomic E-state index is 12.2. The van der Waals surface area contributed by atoms with Crippen molar-refractivity contribution in [3.8, 4) is 0 Å². The van der Waals surface area contributed by atoms with Crippen LogP contribution in [0.1, 0.15) is 22.8 Å². The molecule has 25 heavy (non-hydrogen) atoms. The summed E-state index contributed by atoms with van der Waals surface area (Å²) in [6, 6.07) is 11.5. The van der Waals surface area contributed by atoms with Gasteiger partial charge >= 0.3 is 5.97 Å². The number of anilines is 1. The first-order chi connectivity index (χ1) is 11.7. The van der Waals surface area contributed by atoms with Gasteiger partial charge in [0, 0.05) is 5.69 Å². The lowest BCUT2D eigenvalue weighted by atomic mass is 10.2. The van der Waals surface area contributed by atoms with Crippen LogP contribution in [0.3, 0.4) is 0 Å². The quantitative estimate of drug-likeness (QED) is 0.763. The number of benzene rings is 2. The molecule has 0 radical (unpaired) electrons. The Bertz CT molecular complexity index is 872. The third-order valence-electron chi connectivity index (χ3n) is 3.35. The van der Waals surface area contributed by atoms with Crippen molar-refractivity contribution in [1.29, 1.82) is 0 Å². The van der Waals surface area contributed by atoms with Crippen LogP contribution < -0.4 is 5.32 Å². The second-order valence-electron chi connectivity index (χ2n) is 5.38. The van der Waals surface area contributed by atoms with Gasteiger partial charge in [0.2, 0.25) is 0 Å². The molecule has 0 aliphatic rings. The molecule has 0 fully saturated rings. The third-order valence-corrected chi connectivity index (χ3v) is 4.74. The van der Waals surface area contributed by atoms with E-state index in [-0.39, 0.29) is 10.5 Å².